The number of carbonyl (C=O) groups excluding carboxylic acids is 1. The molecular formula is C18H27NO2. The van der Waals surface area contributed by atoms with Crippen LogP contribution in [0.5, 0.6) is 0 Å². The van der Waals surface area contributed by atoms with Crippen LogP contribution in [-0.2, 0) is 22.4 Å². The molecule has 0 saturated carbocycles. The zero-order chi connectivity index (χ0) is 15.3. The first-order valence-corrected chi connectivity index (χ1v) is 7.93. The Hall–Kier alpha value is -1.35. The molecule has 1 unspecified atom stereocenters. The number of benzene rings is 1. The van der Waals surface area contributed by atoms with Crippen molar-refractivity contribution < 1.29 is 9.53 Å². The fraction of sp³-hybridized carbons (Fsp3) is 0.611. The molecule has 3 nitrogen and oxygen atoms in total. The molecule has 0 bridgehead atoms. The van der Waals surface area contributed by atoms with Gasteiger partial charge in [-0.05, 0) is 70.2 Å². The third-order valence-electron chi connectivity index (χ3n) is 3.75. The summed E-state index contributed by atoms with van der Waals surface area (Å²) in [6.45, 7) is 7.99. The SMILES string of the molecule is CC(C)(C)OC(=O)CCc1ccc(CC2CCNC2)cc1. The largest absolute Gasteiger partial charge is 0.460 e. The maximum atomic E-state index is 11.7. The van der Waals surface area contributed by atoms with Gasteiger partial charge in [-0.25, -0.2) is 0 Å². The van der Waals surface area contributed by atoms with E-state index in [2.05, 4.69) is 29.6 Å². The minimum atomic E-state index is -0.393. The molecule has 1 aliphatic rings. The number of carbonyl (C=O) groups is 1. The second kappa shape index (κ2) is 7.08. The molecule has 1 aromatic carbocycles. The van der Waals surface area contributed by atoms with Gasteiger partial charge in [0.25, 0.3) is 0 Å². The highest BCUT2D eigenvalue weighted by Crippen LogP contribution is 2.16. The van der Waals surface area contributed by atoms with E-state index in [9.17, 15) is 4.79 Å². The molecule has 21 heavy (non-hydrogen) atoms. The summed E-state index contributed by atoms with van der Waals surface area (Å²) in [4.78, 5) is 11.7. The van der Waals surface area contributed by atoms with Gasteiger partial charge in [0.2, 0.25) is 0 Å². The van der Waals surface area contributed by atoms with Gasteiger partial charge in [0, 0.05) is 6.42 Å². The van der Waals surface area contributed by atoms with E-state index in [1.54, 1.807) is 0 Å². The average molecular weight is 289 g/mol. The highest BCUT2D eigenvalue weighted by molar-refractivity contribution is 5.70. The van der Waals surface area contributed by atoms with E-state index in [-0.39, 0.29) is 5.97 Å². The molecule has 0 aromatic heterocycles. The van der Waals surface area contributed by atoms with Crippen LogP contribution in [0.3, 0.4) is 0 Å². The third-order valence-corrected chi connectivity index (χ3v) is 3.75. The van der Waals surface area contributed by atoms with Crippen LogP contribution in [0.4, 0.5) is 0 Å². The second-order valence-electron chi connectivity index (χ2n) is 6.97. The highest BCUT2D eigenvalue weighted by Gasteiger charge is 2.16. The molecule has 1 atom stereocenters. The number of rotatable bonds is 5. The Labute approximate surface area is 128 Å². The molecule has 1 aliphatic heterocycles. The van der Waals surface area contributed by atoms with Gasteiger partial charge in [0.05, 0.1) is 0 Å². The van der Waals surface area contributed by atoms with Crippen molar-refractivity contribution in [3.63, 3.8) is 0 Å². The Morgan fingerprint density at radius 1 is 1.24 bits per heavy atom. The molecule has 116 valence electrons. The minimum Gasteiger partial charge on any atom is -0.460 e. The summed E-state index contributed by atoms with van der Waals surface area (Å²) < 4.78 is 5.33. The van der Waals surface area contributed by atoms with E-state index in [1.165, 1.54) is 17.5 Å². The van der Waals surface area contributed by atoms with Crippen molar-refractivity contribution in [2.24, 2.45) is 5.92 Å². The Bertz CT molecular complexity index is 453. The van der Waals surface area contributed by atoms with Gasteiger partial charge >= 0.3 is 5.97 Å². The zero-order valence-electron chi connectivity index (χ0n) is 13.4. The average Bonchev–Trinajstić information content (AvgIpc) is 2.89. The van der Waals surface area contributed by atoms with Crippen LogP contribution in [0.1, 0.15) is 44.7 Å². The number of nitrogens with one attached hydrogen (secondary N) is 1. The zero-order valence-corrected chi connectivity index (χ0v) is 13.4. The van der Waals surface area contributed by atoms with E-state index in [1.807, 2.05) is 20.8 Å². The summed E-state index contributed by atoms with van der Waals surface area (Å²) in [6, 6.07) is 8.68. The van der Waals surface area contributed by atoms with Crippen LogP contribution >= 0.6 is 0 Å². The van der Waals surface area contributed by atoms with Crippen LogP contribution in [0, 0.1) is 5.92 Å². The van der Waals surface area contributed by atoms with E-state index in [0.717, 1.165) is 31.8 Å². The first kappa shape index (κ1) is 16.0. The predicted molar refractivity (Wildman–Crippen MR) is 85.3 cm³/mol. The summed E-state index contributed by atoms with van der Waals surface area (Å²) in [7, 11) is 0. The van der Waals surface area contributed by atoms with Crippen molar-refractivity contribution in [3.05, 3.63) is 35.4 Å². The molecule has 1 aromatic rings. The smallest absolute Gasteiger partial charge is 0.306 e. The predicted octanol–water partition coefficient (Wildman–Crippen LogP) is 3.11. The van der Waals surface area contributed by atoms with Gasteiger partial charge in [-0.3, -0.25) is 4.79 Å². The first-order valence-electron chi connectivity index (χ1n) is 7.93. The van der Waals surface area contributed by atoms with E-state index >= 15 is 0 Å². The summed E-state index contributed by atoms with van der Waals surface area (Å²) in [6.07, 6.45) is 3.63. The van der Waals surface area contributed by atoms with Crippen molar-refractivity contribution in [3.8, 4) is 0 Å². The van der Waals surface area contributed by atoms with Gasteiger partial charge in [-0.1, -0.05) is 24.3 Å². The molecule has 0 amide bonds. The number of ether oxygens (including phenoxy) is 1. The fourth-order valence-corrected chi connectivity index (χ4v) is 2.70. The molecule has 1 fully saturated rings. The quantitative estimate of drug-likeness (QED) is 0.846. The van der Waals surface area contributed by atoms with E-state index in [4.69, 9.17) is 4.74 Å². The summed E-state index contributed by atoms with van der Waals surface area (Å²) in [5.41, 5.74) is 2.20. The maximum Gasteiger partial charge on any atom is 0.306 e. The fourth-order valence-electron chi connectivity index (χ4n) is 2.70. The number of aryl methyl sites for hydroxylation is 1. The van der Waals surface area contributed by atoms with Crippen LogP contribution in [-0.4, -0.2) is 24.7 Å². The van der Waals surface area contributed by atoms with E-state index < -0.39 is 5.60 Å². The topological polar surface area (TPSA) is 38.3 Å². The van der Waals surface area contributed by atoms with Crippen molar-refractivity contribution in [1.29, 1.82) is 0 Å². The number of hydrogen-bond donors (Lipinski definition) is 1. The van der Waals surface area contributed by atoms with Crippen LogP contribution in [0.25, 0.3) is 0 Å². The summed E-state index contributed by atoms with van der Waals surface area (Å²) in [5, 5.41) is 3.40. The van der Waals surface area contributed by atoms with Crippen molar-refractivity contribution >= 4 is 5.97 Å². The molecular weight excluding hydrogens is 262 g/mol. The Morgan fingerprint density at radius 2 is 1.90 bits per heavy atom. The minimum absolute atomic E-state index is 0.122. The first-order chi connectivity index (χ1) is 9.92. The molecule has 0 aliphatic carbocycles. The molecule has 2 rings (SSSR count). The third kappa shape index (κ3) is 5.88. The lowest BCUT2D eigenvalue weighted by Crippen LogP contribution is -2.24. The van der Waals surface area contributed by atoms with Crippen molar-refractivity contribution in [2.75, 3.05) is 13.1 Å². The maximum absolute atomic E-state index is 11.7. The molecule has 1 heterocycles. The summed E-state index contributed by atoms with van der Waals surface area (Å²) in [5.74, 6) is 0.654. The van der Waals surface area contributed by atoms with Crippen LogP contribution in [0.15, 0.2) is 24.3 Å². The lowest BCUT2D eigenvalue weighted by Gasteiger charge is -2.19. The van der Waals surface area contributed by atoms with Crippen molar-refractivity contribution in [2.45, 2.75) is 52.1 Å². The van der Waals surface area contributed by atoms with Gasteiger partial charge in [0.15, 0.2) is 0 Å². The summed E-state index contributed by atoms with van der Waals surface area (Å²) >= 11 is 0. The van der Waals surface area contributed by atoms with Gasteiger partial charge in [-0.15, -0.1) is 0 Å². The van der Waals surface area contributed by atoms with Crippen LogP contribution < -0.4 is 5.32 Å². The lowest BCUT2D eigenvalue weighted by atomic mass is 9.97. The normalized spacial score (nSPS) is 18.7. The van der Waals surface area contributed by atoms with Gasteiger partial charge in [0.1, 0.15) is 5.60 Å². The Balaban J connectivity index is 1.78. The van der Waals surface area contributed by atoms with Crippen molar-refractivity contribution in [1.82, 2.24) is 5.32 Å². The molecule has 1 N–H and O–H groups in total. The van der Waals surface area contributed by atoms with Crippen LogP contribution in [0.2, 0.25) is 0 Å². The monoisotopic (exact) mass is 289 g/mol. The number of hydrogen-bond acceptors (Lipinski definition) is 3. The molecule has 0 radical (unpaired) electrons. The Morgan fingerprint density at radius 3 is 2.48 bits per heavy atom. The van der Waals surface area contributed by atoms with E-state index in [0.29, 0.717) is 6.42 Å². The van der Waals surface area contributed by atoms with Gasteiger partial charge < -0.3 is 10.1 Å². The highest BCUT2D eigenvalue weighted by atomic mass is 16.6. The second-order valence-corrected chi connectivity index (χ2v) is 6.97. The molecule has 1 saturated heterocycles. The molecule has 3 heteroatoms. The Kier molecular flexibility index (Phi) is 5.40. The number of esters is 1. The lowest BCUT2D eigenvalue weighted by molar-refractivity contribution is -0.154. The standard InChI is InChI=1S/C18H27NO2/c1-18(2,3)21-17(20)9-8-14-4-6-15(7-5-14)12-16-10-11-19-13-16/h4-7,16,19H,8-13H2,1-3H3. The molecule has 0 spiro atoms. The van der Waals surface area contributed by atoms with Gasteiger partial charge in [-0.2, -0.15) is 0 Å².